The van der Waals surface area contributed by atoms with Crippen LogP contribution in [0.3, 0.4) is 0 Å². The average molecular weight is 376 g/mol. The number of hydrogen-bond donors (Lipinski definition) is 2. The summed E-state index contributed by atoms with van der Waals surface area (Å²) in [5.41, 5.74) is 9.30. The molecule has 0 fully saturated rings. The van der Waals surface area contributed by atoms with E-state index >= 15 is 0 Å². The standard InChI is InChI=1S/C15H14F2N8O2/c1-6-4-10(16)11(17)5-9(6)7(2)19-21-15(26)12-8(3)25(24-20-12)14-13(18)22-27-23-14/h4-5H,1-3H3,(H2,18,22)(H,21,26). The predicted molar refractivity (Wildman–Crippen MR) is 89.1 cm³/mol. The van der Waals surface area contributed by atoms with E-state index < -0.39 is 17.5 Å². The molecular weight excluding hydrogens is 362 g/mol. The van der Waals surface area contributed by atoms with Crippen molar-refractivity contribution in [2.45, 2.75) is 20.8 Å². The second kappa shape index (κ2) is 6.90. The largest absolute Gasteiger partial charge is 0.378 e. The summed E-state index contributed by atoms with van der Waals surface area (Å²) < 4.78 is 32.3. The molecule has 27 heavy (non-hydrogen) atoms. The molecule has 2 aromatic heterocycles. The number of aryl methyl sites for hydroxylation is 1. The minimum absolute atomic E-state index is 0.0161. The lowest BCUT2D eigenvalue weighted by atomic mass is 10.0. The third-order valence-corrected chi connectivity index (χ3v) is 3.79. The number of rotatable bonds is 4. The number of nitrogens with two attached hydrogens (primary N) is 1. The molecule has 2 heterocycles. The number of hydrazone groups is 1. The minimum Gasteiger partial charge on any atom is -0.378 e. The van der Waals surface area contributed by atoms with Crippen LogP contribution in [0, 0.1) is 25.5 Å². The van der Waals surface area contributed by atoms with Crippen LogP contribution in [0.25, 0.3) is 5.82 Å². The highest BCUT2D eigenvalue weighted by Gasteiger charge is 2.21. The number of nitrogens with one attached hydrogen (secondary N) is 1. The van der Waals surface area contributed by atoms with Crippen molar-refractivity contribution in [1.29, 1.82) is 0 Å². The summed E-state index contributed by atoms with van der Waals surface area (Å²) in [5, 5.41) is 18.5. The molecule has 3 N–H and O–H groups in total. The van der Waals surface area contributed by atoms with E-state index in [2.05, 4.69) is 35.8 Å². The van der Waals surface area contributed by atoms with Crippen LogP contribution in [0.15, 0.2) is 21.9 Å². The van der Waals surface area contributed by atoms with E-state index in [-0.39, 0.29) is 23.0 Å². The Balaban J connectivity index is 1.82. The Morgan fingerprint density at radius 3 is 2.63 bits per heavy atom. The molecule has 140 valence electrons. The highest BCUT2D eigenvalue weighted by atomic mass is 19.2. The second-order valence-corrected chi connectivity index (χ2v) is 5.63. The van der Waals surface area contributed by atoms with E-state index in [4.69, 9.17) is 5.73 Å². The van der Waals surface area contributed by atoms with Crippen molar-refractivity contribution in [3.05, 3.63) is 46.3 Å². The van der Waals surface area contributed by atoms with Gasteiger partial charge in [0.15, 0.2) is 17.3 Å². The Morgan fingerprint density at radius 1 is 1.26 bits per heavy atom. The van der Waals surface area contributed by atoms with Crippen molar-refractivity contribution in [2.24, 2.45) is 5.10 Å². The molecule has 0 radical (unpaired) electrons. The second-order valence-electron chi connectivity index (χ2n) is 5.63. The molecule has 0 saturated carbocycles. The Hall–Kier alpha value is -3.70. The summed E-state index contributed by atoms with van der Waals surface area (Å²) in [4.78, 5) is 12.3. The molecule has 3 aromatic rings. The van der Waals surface area contributed by atoms with Gasteiger partial charge in [-0.1, -0.05) is 5.21 Å². The van der Waals surface area contributed by atoms with Gasteiger partial charge in [0, 0.05) is 5.56 Å². The molecular formula is C15H14F2N8O2. The summed E-state index contributed by atoms with van der Waals surface area (Å²) in [6.45, 7) is 4.72. The quantitative estimate of drug-likeness (QED) is 0.517. The number of amides is 1. The Morgan fingerprint density at radius 2 is 1.96 bits per heavy atom. The van der Waals surface area contributed by atoms with Gasteiger partial charge in [-0.2, -0.15) is 9.78 Å². The zero-order chi connectivity index (χ0) is 19.7. The van der Waals surface area contributed by atoms with Gasteiger partial charge in [0.1, 0.15) is 0 Å². The molecule has 0 atom stereocenters. The highest BCUT2D eigenvalue weighted by molar-refractivity contribution is 6.01. The van der Waals surface area contributed by atoms with Gasteiger partial charge in [0.2, 0.25) is 11.6 Å². The first-order valence-corrected chi connectivity index (χ1v) is 7.61. The van der Waals surface area contributed by atoms with Gasteiger partial charge in [0.05, 0.1) is 11.4 Å². The monoisotopic (exact) mass is 376 g/mol. The molecule has 0 aliphatic rings. The first kappa shape index (κ1) is 18.1. The van der Waals surface area contributed by atoms with E-state index in [0.29, 0.717) is 16.8 Å². The number of hydrogen-bond acceptors (Lipinski definition) is 8. The SMILES string of the molecule is CC(=NNC(=O)c1nnn(-c2nonc2N)c1C)c1cc(F)c(F)cc1C. The van der Waals surface area contributed by atoms with Crippen LogP contribution in [-0.4, -0.2) is 36.9 Å². The first-order chi connectivity index (χ1) is 12.8. The van der Waals surface area contributed by atoms with Crippen molar-refractivity contribution >= 4 is 17.4 Å². The van der Waals surface area contributed by atoms with Crippen LogP contribution >= 0.6 is 0 Å². The third-order valence-electron chi connectivity index (χ3n) is 3.79. The van der Waals surface area contributed by atoms with Crippen LogP contribution in [0.5, 0.6) is 0 Å². The number of nitrogens with zero attached hydrogens (tertiary/aromatic N) is 6. The molecule has 0 spiro atoms. The van der Waals surface area contributed by atoms with Crippen LogP contribution in [0.1, 0.15) is 34.2 Å². The van der Waals surface area contributed by atoms with Gasteiger partial charge < -0.3 is 5.73 Å². The number of aromatic nitrogens is 5. The fourth-order valence-electron chi connectivity index (χ4n) is 2.36. The smallest absolute Gasteiger partial charge is 0.293 e. The zero-order valence-electron chi connectivity index (χ0n) is 14.5. The van der Waals surface area contributed by atoms with E-state index in [0.717, 1.165) is 12.1 Å². The maximum Gasteiger partial charge on any atom is 0.293 e. The summed E-state index contributed by atoms with van der Waals surface area (Å²) in [6, 6.07) is 2.06. The molecule has 0 aliphatic heterocycles. The summed E-state index contributed by atoms with van der Waals surface area (Å²) in [5.74, 6) is -2.54. The van der Waals surface area contributed by atoms with Gasteiger partial charge in [0.25, 0.3) is 5.91 Å². The molecule has 10 nitrogen and oxygen atoms in total. The van der Waals surface area contributed by atoms with E-state index in [9.17, 15) is 13.6 Å². The molecule has 0 bridgehead atoms. The number of halogens is 2. The molecule has 0 unspecified atom stereocenters. The zero-order valence-corrected chi connectivity index (χ0v) is 14.5. The summed E-state index contributed by atoms with van der Waals surface area (Å²) in [6.07, 6.45) is 0. The number of anilines is 1. The van der Waals surface area contributed by atoms with Crippen LogP contribution in [-0.2, 0) is 0 Å². The van der Waals surface area contributed by atoms with Crippen molar-refractivity contribution in [3.63, 3.8) is 0 Å². The lowest BCUT2D eigenvalue weighted by molar-refractivity contribution is 0.0949. The normalized spacial score (nSPS) is 11.7. The molecule has 3 rings (SSSR count). The molecule has 12 heteroatoms. The van der Waals surface area contributed by atoms with E-state index in [1.54, 1.807) is 20.8 Å². The lowest BCUT2D eigenvalue weighted by Gasteiger charge is -2.07. The summed E-state index contributed by atoms with van der Waals surface area (Å²) >= 11 is 0. The first-order valence-electron chi connectivity index (χ1n) is 7.61. The van der Waals surface area contributed by atoms with Crippen molar-refractivity contribution in [2.75, 3.05) is 5.73 Å². The average Bonchev–Trinajstić information content (AvgIpc) is 3.21. The number of nitrogen functional groups attached to an aromatic ring is 1. The minimum atomic E-state index is -1.01. The fourth-order valence-corrected chi connectivity index (χ4v) is 2.36. The maximum atomic E-state index is 13.4. The maximum absolute atomic E-state index is 13.4. The van der Waals surface area contributed by atoms with E-state index in [1.165, 1.54) is 4.68 Å². The van der Waals surface area contributed by atoms with E-state index in [1.807, 2.05) is 0 Å². The van der Waals surface area contributed by atoms with Crippen LogP contribution in [0.4, 0.5) is 14.6 Å². The van der Waals surface area contributed by atoms with Crippen molar-refractivity contribution < 1.29 is 18.2 Å². The summed E-state index contributed by atoms with van der Waals surface area (Å²) in [7, 11) is 0. The van der Waals surface area contributed by atoms with Crippen molar-refractivity contribution in [3.8, 4) is 5.82 Å². The Bertz CT molecular complexity index is 1060. The molecule has 1 amide bonds. The number of carbonyl (C=O) groups is 1. The Labute approximate surface area is 151 Å². The van der Waals surface area contributed by atoms with Crippen LogP contribution < -0.4 is 11.2 Å². The fraction of sp³-hybridized carbons (Fsp3) is 0.200. The number of benzene rings is 1. The topological polar surface area (TPSA) is 137 Å². The van der Waals surface area contributed by atoms with Gasteiger partial charge in [-0.15, -0.1) is 5.10 Å². The molecule has 1 aromatic carbocycles. The lowest BCUT2D eigenvalue weighted by Crippen LogP contribution is -2.21. The van der Waals surface area contributed by atoms with Crippen molar-refractivity contribution in [1.82, 2.24) is 30.7 Å². The highest BCUT2D eigenvalue weighted by Crippen LogP contribution is 2.16. The van der Waals surface area contributed by atoms with Gasteiger partial charge in [-0.25, -0.2) is 18.8 Å². The van der Waals surface area contributed by atoms with Crippen LogP contribution in [0.2, 0.25) is 0 Å². The Kier molecular flexibility index (Phi) is 4.62. The molecule has 0 aliphatic carbocycles. The van der Waals surface area contributed by atoms with Gasteiger partial charge in [-0.05, 0) is 48.8 Å². The predicted octanol–water partition coefficient (Wildman–Crippen LogP) is 1.28. The third kappa shape index (κ3) is 3.36. The van der Waals surface area contributed by atoms with Gasteiger partial charge >= 0.3 is 0 Å². The number of carbonyl (C=O) groups excluding carboxylic acids is 1. The van der Waals surface area contributed by atoms with Gasteiger partial charge in [-0.3, -0.25) is 4.79 Å². The molecule has 0 saturated heterocycles.